The maximum atomic E-state index is 13.3. The summed E-state index contributed by atoms with van der Waals surface area (Å²) in [5.74, 6) is 0.816. The topological polar surface area (TPSA) is 58.4 Å². The fourth-order valence-electron chi connectivity index (χ4n) is 7.01. The second kappa shape index (κ2) is 9.66. The van der Waals surface area contributed by atoms with Crippen molar-refractivity contribution in [2.45, 2.75) is 50.0 Å². The van der Waals surface area contributed by atoms with Crippen molar-refractivity contribution in [2.24, 2.45) is 5.92 Å². The smallest absolute Gasteiger partial charge is 0.256 e. The standard InChI is InChI=1S/C32H34ClN3O/c1-21-20-36(17-16-32(21)15-14-22-6-2-5-9-28(22)32)25-12-10-23(18-25)26-7-3-4-8-27(26)31(37)35-30-19-24(33)11-13-29(30)34/h2-9,11,13-15,19,21,23,25H,10,12,16-18,20,34H2,1H3,(H,35,37)/t21-,23?,25?,32?/m0/s1. The lowest BCUT2D eigenvalue weighted by Crippen LogP contribution is -2.50. The SMILES string of the molecule is C[C@H]1CN(C2CCC(c3ccccc3C(=O)Nc3cc(Cl)ccc3N)C2)CCC12C=Cc1ccccc12. The number of nitrogens with zero attached hydrogens (tertiary/aromatic N) is 1. The summed E-state index contributed by atoms with van der Waals surface area (Å²) in [6.07, 6.45) is 9.34. The van der Waals surface area contributed by atoms with Gasteiger partial charge in [0.2, 0.25) is 0 Å². The van der Waals surface area contributed by atoms with E-state index in [-0.39, 0.29) is 11.3 Å². The summed E-state index contributed by atoms with van der Waals surface area (Å²) < 4.78 is 0. The number of nitrogens with one attached hydrogen (secondary N) is 1. The molecule has 3 aromatic rings. The molecule has 4 atom stereocenters. The molecule has 0 aromatic heterocycles. The fraction of sp³-hybridized carbons (Fsp3) is 0.344. The first kappa shape index (κ1) is 24.3. The number of fused-ring (bicyclic) bond motifs is 2. The van der Waals surface area contributed by atoms with Gasteiger partial charge in [0.25, 0.3) is 5.91 Å². The molecule has 1 saturated heterocycles. The molecule has 5 heteroatoms. The minimum Gasteiger partial charge on any atom is -0.397 e. The van der Waals surface area contributed by atoms with Gasteiger partial charge in [0, 0.05) is 28.6 Å². The largest absolute Gasteiger partial charge is 0.397 e. The molecular formula is C32H34ClN3O. The zero-order valence-corrected chi connectivity index (χ0v) is 22.0. The van der Waals surface area contributed by atoms with Gasteiger partial charge in [-0.25, -0.2) is 0 Å². The summed E-state index contributed by atoms with van der Waals surface area (Å²) in [5, 5.41) is 3.53. The van der Waals surface area contributed by atoms with E-state index in [0.29, 0.717) is 34.3 Å². The molecule has 190 valence electrons. The Morgan fingerprint density at radius 2 is 1.89 bits per heavy atom. The van der Waals surface area contributed by atoms with Gasteiger partial charge in [-0.05, 0) is 85.0 Å². The zero-order valence-electron chi connectivity index (χ0n) is 21.3. The maximum Gasteiger partial charge on any atom is 0.256 e. The molecule has 1 amide bonds. The average Bonchev–Trinajstić information content (AvgIpc) is 3.55. The van der Waals surface area contributed by atoms with Gasteiger partial charge in [0.05, 0.1) is 11.4 Å². The number of nitrogens with two attached hydrogens (primary N) is 1. The normalized spacial score (nSPS) is 26.9. The van der Waals surface area contributed by atoms with Gasteiger partial charge in [-0.1, -0.05) is 73.1 Å². The number of hydrogen-bond acceptors (Lipinski definition) is 3. The molecule has 2 fully saturated rings. The summed E-state index contributed by atoms with van der Waals surface area (Å²) in [6, 6.07) is 22.6. The van der Waals surface area contributed by atoms with Crippen LogP contribution in [-0.4, -0.2) is 29.9 Å². The predicted octanol–water partition coefficient (Wildman–Crippen LogP) is 7.12. The van der Waals surface area contributed by atoms with Crippen molar-refractivity contribution in [3.8, 4) is 0 Å². The van der Waals surface area contributed by atoms with Crippen molar-refractivity contribution >= 4 is 35.0 Å². The number of benzene rings is 3. The van der Waals surface area contributed by atoms with Gasteiger partial charge in [-0.15, -0.1) is 0 Å². The highest BCUT2D eigenvalue weighted by Crippen LogP contribution is 2.48. The predicted molar refractivity (Wildman–Crippen MR) is 153 cm³/mol. The summed E-state index contributed by atoms with van der Waals surface area (Å²) in [7, 11) is 0. The van der Waals surface area contributed by atoms with E-state index >= 15 is 0 Å². The number of carbonyl (C=O) groups excluding carboxylic acids is 1. The summed E-state index contributed by atoms with van der Waals surface area (Å²) in [6.45, 7) is 4.66. The van der Waals surface area contributed by atoms with E-state index in [0.717, 1.165) is 37.1 Å². The highest BCUT2D eigenvalue weighted by molar-refractivity contribution is 6.31. The molecule has 1 aliphatic heterocycles. The zero-order chi connectivity index (χ0) is 25.6. The Balaban J connectivity index is 1.15. The van der Waals surface area contributed by atoms with Crippen LogP contribution in [0.1, 0.15) is 65.6 Å². The van der Waals surface area contributed by atoms with Crippen LogP contribution in [0.5, 0.6) is 0 Å². The molecule has 3 aliphatic rings. The molecule has 1 spiro atoms. The fourth-order valence-corrected chi connectivity index (χ4v) is 7.18. The summed E-state index contributed by atoms with van der Waals surface area (Å²) in [4.78, 5) is 16.0. The van der Waals surface area contributed by atoms with Gasteiger partial charge in [0.1, 0.15) is 0 Å². The lowest BCUT2D eigenvalue weighted by molar-refractivity contribution is 0.0897. The Morgan fingerprint density at radius 3 is 2.76 bits per heavy atom. The van der Waals surface area contributed by atoms with Crippen molar-refractivity contribution in [2.75, 3.05) is 24.1 Å². The summed E-state index contributed by atoms with van der Waals surface area (Å²) >= 11 is 6.13. The van der Waals surface area contributed by atoms with E-state index in [1.165, 1.54) is 24.0 Å². The number of carbonyl (C=O) groups is 1. The van der Waals surface area contributed by atoms with Crippen molar-refractivity contribution in [3.63, 3.8) is 0 Å². The highest BCUT2D eigenvalue weighted by atomic mass is 35.5. The molecular weight excluding hydrogens is 478 g/mol. The number of rotatable bonds is 4. The Labute approximate surface area is 224 Å². The molecule has 1 heterocycles. The third-order valence-corrected chi connectivity index (χ3v) is 9.29. The van der Waals surface area contributed by atoms with Crippen LogP contribution in [0.2, 0.25) is 5.02 Å². The van der Waals surface area contributed by atoms with Gasteiger partial charge in [-0.3, -0.25) is 4.79 Å². The quantitative estimate of drug-likeness (QED) is 0.367. The monoisotopic (exact) mass is 511 g/mol. The van der Waals surface area contributed by atoms with Crippen molar-refractivity contribution in [3.05, 3.63) is 100 Å². The van der Waals surface area contributed by atoms with E-state index in [1.807, 2.05) is 18.2 Å². The van der Waals surface area contributed by atoms with Gasteiger partial charge in [-0.2, -0.15) is 0 Å². The Morgan fingerprint density at radius 1 is 1.08 bits per heavy atom. The van der Waals surface area contributed by atoms with Gasteiger partial charge in [0.15, 0.2) is 0 Å². The number of amides is 1. The molecule has 0 bridgehead atoms. The number of hydrogen-bond donors (Lipinski definition) is 2. The molecule has 2 aliphatic carbocycles. The van der Waals surface area contributed by atoms with Gasteiger partial charge >= 0.3 is 0 Å². The van der Waals surface area contributed by atoms with Crippen LogP contribution in [0.25, 0.3) is 6.08 Å². The van der Waals surface area contributed by atoms with E-state index < -0.39 is 0 Å². The summed E-state index contributed by atoms with van der Waals surface area (Å²) in [5.41, 5.74) is 12.1. The molecule has 37 heavy (non-hydrogen) atoms. The number of anilines is 2. The maximum absolute atomic E-state index is 13.3. The minimum absolute atomic E-state index is 0.131. The highest BCUT2D eigenvalue weighted by Gasteiger charge is 2.45. The number of allylic oxidation sites excluding steroid dienone is 1. The van der Waals surface area contributed by atoms with Gasteiger partial charge < -0.3 is 16.0 Å². The molecule has 1 saturated carbocycles. The number of piperidine rings is 1. The second-order valence-corrected chi connectivity index (χ2v) is 11.5. The van der Waals surface area contributed by atoms with Crippen LogP contribution in [0.3, 0.4) is 0 Å². The first-order valence-corrected chi connectivity index (χ1v) is 13.8. The molecule has 4 nitrogen and oxygen atoms in total. The lowest BCUT2D eigenvalue weighted by Gasteiger charge is -2.46. The van der Waals surface area contributed by atoms with E-state index in [2.05, 4.69) is 59.6 Å². The van der Waals surface area contributed by atoms with E-state index in [4.69, 9.17) is 17.3 Å². The number of halogens is 1. The third-order valence-electron chi connectivity index (χ3n) is 9.05. The Hall–Kier alpha value is -3.08. The van der Waals surface area contributed by atoms with Crippen molar-refractivity contribution in [1.82, 2.24) is 4.90 Å². The Bertz CT molecular complexity index is 1370. The second-order valence-electron chi connectivity index (χ2n) is 11.0. The van der Waals surface area contributed by atoms with Crippen LogP contribution >= 0.6 is 11.6 Å². The number of nitrogen functional groups attached to an aromatic ring is 1. The molecule has 0 radical (unpaired) electrons. The first-order chi connectivity index (χ1) is 17.9. The third kappa shape index (κ3) is 4.36. The molecule has 3 N–H and O–H groups in total. The van der Waals surface area contributed by atoms with E-state index in [9.17, 15) is 4.79 Å². The van der Waals surface area contributed by atoms with Crippen molar-refractivity contribution in [1.29, 1.82) is 0 Å². The lowest BCUT2D eigenvalue weighted by atomic mass is 9.68. The van der Waals surface area contributed by atoms with E-state index in [1.54, 1.807) is 18.2 Å². The molecule has 3 unspecified atom stereocenters. The van der Waals surface area contributed by atoms with Crippen LogP contribution in [0.4, 0.5) is 11.4 Å². The Kier molecular flexibility index (Phi) is 6.34. The minimum atomic E-state index is -0.131. The van der Waals surface area contributed by atoms with Crippen LogP contribution in [0, 0.1) is 5.92 Å². The van der Waals surface area contributed by atoms with Crippen molar-refractivity contribution < 1.29 is 4.79 Å². The van der Waals surface area contributed by atoms with Crippen LogP contribution < -0.4 is 11.1 Å². The number of likely N-dealkylation sites (tertiary alicyclic amines) is 1. The first-order valence-electron chi connectivity index (χ1n) is 13.4. The molecule has 6 rings (SSSR count). The van der Waals surface area contributed by atoms with Crippen LogP contribution in [0.15, 0.2) is 72.8 Å². The molecule has 3 aromatic carbocycles. The van der Waals surface area contributed by atoms with Crippen LogP contribution in [-0.2, 0) is 5.41 Å². The average molecular weight is 512 g/mol.